The van der Waals surface area contributed by atoms with Gasteiger partial charge in [0.2, 0.25) is 5.65 Å². The van der Waals surface area contributed by atoms with E-state index in [-0.39, 0.29) is 23.2 Å². The van der Waals surface area contributed by atoms with Crippen LogP contribution in [0.15, 0.2) is 23.1 Å². The molecule has 2 bridgehead atoms. The van der Waals surface area contributed by atoms with E-state index >= 15 is 0 Å². The Morgan fingerprint density at radius 2 is 2.13 bits per heavy atom. The molecule has 0 radical (unpaired) electrons. The minimum Gasteiger partial charge on any atom is -0.478 e. The molecule has 3 aromatic rings. The van der Waals surface area contributed by atoms with Crippen LogP contribution in [0.25, 0.3) is 5.65 Å². The third-order valence-electron chi connectivity index (χ3n) is 6.81. The number of aromatic nitrogens is 4. The molecule has 0 aromatic carbocycles. The van der Waals surface area contributed by atoms with Gasteiger partial charge in [-0.15, -0.1) is 0 Å². The van der Waals surface area contributed by atoms with Crippen LogP contribution in [0.4, 0.5) is 0 Å². The normalized spacial score (nSPS) is 27.8. The minimum atomic E-state index is -0.116. The number of imidazole rings is 1. The van der Waals surface area contributed by atoms with E-state index < -0.39 is 0 Å². The molecule has 156 valence electrons. The summed E-state index contributed by atoms with van der Waals surface area (Å²) >= 11 is 0. The molecule has 0 N–H and O–H groups in total. The van der Waals surface area contributed by atoms with Crippen LogP contribution in [0, 0.1) is 0 Å². The number of hydrogen-bond donors (Lipinski definition) is 0. The molecule has 2 saturated carbocycles. The second kappa shape index (κ2) is 6.14. The predicted octanol–water partition coefficient (Wildman–Crippen LogP) is 3.24. The SMILES string of the molecule is COc1nc(CC(=O)c2coc(C3CC3)n2)cn2cc(C34CCC(C)(C3)OC4)nc12. The minimum absolute atomic E-state index is 0.0351. The van der Waals surface area contributed by atoms with Gasteiger partial charge in [0.15, 0.2) is 11.7 Å². The number of ether oxygens (including phenoxy) is 2. The van der Waals surface area contributed by atoms with Gasteiger partial charge in [0.05, 0.1) is 37.1 Å². The molecule has 8 nitrogen and oxygen atoms in total. The van der Waals surface area contributed by atoms with E-state index in [1.54, 1.807) is 7.11 Å². The van der Waals surface area contributed by atoms with Gasteiger partial charge in [-0.05, 0) is 39.0 Å². The highest BCUT2D eigenvalue weighted by molar-refractivity contribution is 5.95. The lowest BCUT2D eigenvalue weighted by Gasteiger charge is -2.24. The Balaban J connectivity index is 1.31. The van der Waals surface area contributed by atoms with Crippen molar-refractivity contribution in [2.45, 2.75) is 62.4 Å². The Kier molecular flexibility index (Phi) is 3.69. The highest BCUT2D eigenvalue weighted by Crippen LogP contribution is 2.53. The van der Waals surface area contributed by atoms with E-state index in [0.29, 0.717) is 41.3 Å². The number of rotatable bonds is 6. The van der Waals surface area contributed by atoms with Crippen molar-refractivity contribution in [1.29, 1.82) is 0 Å². The number of carbonyl (C=O) groups excluding carboxylic acids is 1. The lowest BCUT2D eigenvalue weighted by atomic mass is 9.84. The number of methoxy groups -OCH3 is 1. The predicted molar refractivity (Wildman–Crippen MR) is 106 cm³/mol. The van der Waals surface area contributed by atoms with Crippen LogP contribution >= 0.6 is 0 Å². The Hall–Kier alpha value is -2.74. The van der Waals surface area contributed by atoms with Gasteiger partial charge in [-0.3, -0.25) is 4.79 Å². The zero-order valence-corrected chi connectivity index (χ0v) is 17.2. The molecule has 0 amide bonds. The molecule has 4 heterocycles. The standard InChI is InChI=1S/C22H24N4O4/c1-21-5-6-22(11-21,12-30-21)17-9-26-8-14(23-20(28-2)18(26)25-17)7-16(27)15-10-29-19(24-15)13-3-4-13/h8-10,13H,3-7,11-12H2,1-2H3. The van der Waals surface area contributed by atoms with Gasteiger partial charge in [0.25, 0.3) is 5.88 Å². The summed E-state index contributed by atoms with van der Waals surface area (Å²) in [5.41, 5.74) is 2.57. The number of fused-ring (bicyclic) bond motifs is 3. The molecule has 2 unspecified atom stereocenters. The molecule has 6 rings (SSSR count). The second-order valence-corrected chi connectivity index (χ2v) is 9.24. The van der Waals surface area contributed by atoms with Crippen molar-refractivity contribution >= 4 is 11.4 Å². The zero-order chi connectivity index (χ0) is 20.5. The number of ketones is 1. The van der Waals surface area contributed by atoms with Gasteiger partial charge >= 0.3 is 0 Å². The smallest absolute Gasteiger partial charge is 0.258 e. The first-order chi connectivity index (χ1) is 14.5. The van der Waals surface area contributed by atoms with Gasteiger partial charge in [0, 0.05) is 23.7 Å². The summed E-state index contributed by atoms with van der Waals surface area (Å²) < 4.78 is 18.9. The van der Waals surface area contributed by atoms with Crippen molar-refractivity contribution in [2.75, 3.05) is 13.7 Å². The van der Waals surface area contributed by atoms with Crippen LogP contribution in [0.3, 0.4) is 0 Å². The average Bonchev–Trinajstić information content (AvgIpc) is 3.11. The Morgan fingerprint density at radius 1 is 1.27 bits per heavy atom. The summed E-state index contributed by atoms with van der Waals surface area (Å²) in [4.78, 5) is 26.5. The van der Waals surface area contributed by atoms with E-state index in [1.807, 2.05) is 16.8 Å². The fourth-order valence-corrected chi connectivity index (χ4v) is 4.93. The summed E-state index contributed by atoms with van der Waals surface area (Å²) in [6.07, 6.45) is 10.8. The first-order valence-electron chi connectivity index (χ1n) is 10.5. The largest absolute Gasteiger partial charge is 0.478 e. The Labute approximate surface area is 173 Å². The van der Waals surface area contributed by atoms with Gasteiger partial charge < -0.3 is 18.3 Å². The molecule has 2 aliphatic carbocycles. The highest BCUT2D eigenvalue weighted by Gasteiger charge is 2.55. The molecule has 8 heteroatoms. The Morgan fingerprint density at radius 3 is 2.80 bits per heavy atom. The van der Waals surface area contributed by atoms with E-state index in [9.17, 15) is 4.79 Å². The molecular weight excluding hydrogens is 384 g/mol. The Bertz CT molecular complexity index is 1150. The molecule has 1 aliphatic heterocycles. The fraction of sp³-hybridized carbons (Fsp3) is 0.545. The van der Waals surface area contributed by atoms with Crippen molar-refractivity contribution in [3.8, 4) is 5.88 Å². The van der Waals surface area contributed by atoms with E-state index in [0.717, 1.165) is 37.8 Å². The van der Waals surface area contributed by atoms with Crippen LogP contribution in [0.2, 0.25) is 0 Å². The molecule has 2 atom stereocenters. The van der Waals surface area contributed by atoms with Crippen LogP contribution in [0.1, 0.15) is 72.7 Å². The first-order valence-corrected chi connectivity index (χ1v) is 10.5. The van der Waals surface area contributed by atoms with E-state index in [1.165, 1.54) is 6.26 Å². The van der Waals surface area contributed by atoms with Crippen LogP contribution in [-0.4, -0.2) is 44.5 Å². The second-order valence-electron chi connectivity index (χ2n) is 9.24. The summed E-state index contributed by atoms with van der Waals surface area (Å²) in [5, 5.41) is 0. The maximum absolute atomic E-state index is 12.7. The summed E-state index contributed by atoms with van der Waals surface area (Å²) in [6, 6.07) is 0. The van der Waals surface area contributed by atoms with Crippen molar-refractivity contribution in [1.82, 2.24) is 19.4 Å². The zero-order valence-electron chi connectivity index (χ0n) is 17.2. The van der Waals surface area contributed by atoms with Crippen LogP contribution in [0.5, 0.6) is 5.88 Å². The molecule has 3 aliphatic rings. The van der Waals surface area contributed by atoms with Gasteiger partial charge in [0.1, 0.15) is 12.0 Å². The summed E-state index contributed by atoms with van der Waals surface area (Å²) in [6.45, 7) is 2.88. The lowest BCUT2D eigenvalue weighted by molar-refractivity contribution is -0.00627. The number of carbonyl (C=O) groups is 1. The third kappa shape index (κ3) is 2.77. The maximum Gasteiger partial charge on any atom is 0.258 e. The van der Waals surface area contributed by atoms with Gasteiger partial charge in [-0.2, -0.15) is 0 Å². The topological polar surface area (TPSA) is 91.8 Å². The molecular formula is C22H24N4O4. The third-order valence-corrected chi connectivity index (χ3v) is 6.81. The summed E-state index contributed by atoms with van der Waals surface area (Å²) in [5.74, 6) is 1.35. The number of nitrogens with zero attached hydrogens (tertiary/aromatic N) is 4. The van der Waals surface area contributed by atoms with Crippen molar-refractivity contribution in [3.63, 3.8) is 0 Å². The molecule has 3 aromatic heterocycles. The highest BCUT2D eigenvalue weighted by atomic mass is 16.5. The quantitative estimate of drug-likeness (QED) is 0.578. The monoisotopic (exact) mass is 408 g/mol. The van der Waals surface area contributed by atoms with E-state index in [4.69, 9.17) is 18.9 Å². The number of oxazole rings is 1. The summed E-state index contributed by atoms with van der Waals surface area (Å²) in [7, 11) is 1.57. The lowest BCUT2D eigenvalue weighted by Crippen LogP contribution is -2.26. The van der Waals surface area contributed by atoms with Crippen molar-refractivity contribution < 1.29 is 18.7 Å². The molecule has 3 fully saturated rings. The van der Waals surface area contributed by atoms with E-state index in [2.05, 4.69) is 16.9 Å². The maximum atomic E-state index is 12.7. The first kappa shape index (κ1) is 18.1. The molecule has 0 spiro atoms. The average molecular weight is 408 g/mol. The number of Topliss-reactive ketones (excluding diaryl/α,β-unsaturated/α-hetero) is 1. The molecule has 30 heavy (non-hydrogen) atoms. The van der Waals surface area contributed by atoms with Gasteiger partial charge in [-0.1, -0.05) is 0 Å². The fourth-order valence-electron chi connectivity index (χ4n) is 4.93. The number of hydrogen-bond acceptors (Lipinski definition) is 7. The van der Waals surface area contributed by atoms with Crippen molar-refractivity contribution in [2.24, 2.45) is 0 Å². The van der Waals surface area contributed by atoms with Crippen LogP contribution < -0.4 is 4.74 Å². The van der Waals surface area contributed by atoms with Crippen molar-refractivity contribution in [3.05, 3.63) is 41.6 Å². The van der Waals surface area contributed by atoms with Crippen LogP contribution in [-0.2, 0) is 16.6 Å². The molecule has 1 saturated heterocycles. The van der Waals surface area contributed by atoms with Gasteiger partial charge in [-0.25, -0.2) is 15.0 Å².